The summed E-state index contributed by atoms with van der Waals surface area (Å²) >= 11 is 0. The van der Waals surface area contributed by atoms with Crippen LogP contribution < -0.4 is 20.1 Å². The fourth-order valence-corrected chi connectivity index (χ4v) is 4.52. The molecule has 0 aliphatic carbocycles. The summed E-state index contributed by atoms with van der Waals surface area (Å²) in [4.78, 5) is 31.6. The Kier molecular flexibility index (Phi) is 9.67. The highest BCUT2D eigenvalue weighted by Crippen LogP contribution is 2.39. The molecule has 0 radical (unpaired) electrons. The second kappa shape index (κ2) is 14.0. The second-order valence-corrected chi connectivity index (χ2v) is 9.84. The Bertz CT molecular complexity index is 1660. The number of methoxy groups -OCH3 is 1. The molecule has 0 spiro atoms. The maximum atomic E-state index is 15.3. The van der Waals surface area contributed by atoms with Crippen LogP contribution in [0.4, 0.5) is 20.4 Å². The molecule has 2 N–H and O–H groups in total. The normalized spacial score (nSPS) is 13.3. The highest BCUT2D eigenvalue weighted by molar-refractivity contribution is 6.02. The van der Waals surface area contributed by atoms with Crippen LogP contribution in [0.5, 0.6) is 17.5 Å². The van der Waals surface area contributed by atoms with Gasteiger partial charge in [0.1, 0.15) is 5.75 Å². The molecule has 0 bridgehead atoms. The molecular weight excluding hydrogens is 572 g/mol. The van der Waals surface area contributed by atoms with Crippen LogP contribution in [-0.4, -0.2) is 77.2 Å². The standard InChI is InChI=1S/C31H31F2N7O4/c1-19-8-9-35-31(37-19)44-26-7-4-21(16-25(26)33)24-18-36-30(34-10-11-40-12-14-43-15-13-40)39-28(24)23-6-5-22(17-27(23)42-3)38-29(41)20(2)32/h4-9,16-18H,2,10-15H2,1,3H3,(H,38,41)(H,34,36,39). The van der Waals surface area contributed by atoms with Crippen molar-refractivity contribution in [1.82, 2.24) is 24.8 Å². The lowest BCUT2D eigenvalue weighted by Crippen LogP contribution is -2.39. The Morgan fingerprint density at radius 1 is 1.07 bits per heavy atom. The van der Waals surface area contributed by atoms with Crippen LogP contribution in [0.15, 0.2) is 67.3 Å². The van der Waals surface area contributed by atoms with Gasteiger partial charge in [-0.05, 0) is 42.8 Å². The van der Waals surface area contributed by atoms with Crippen molar-refractivity contribution in [3.05, 3.63) is 78.8 Å². The van der Waals surface area contributed by atoms with Gasteiger partial charge >= 0.3 is 6.01 Å². The van der Waals surface area contributed by atoms with Gasteiger partial charge in [-0.25, -0.2) is 28.7 Å². The van der Waals surface area contributed by atoms with E-state index >= 15 is 4.39 Å². The van der Waals surface area contributed by atoms with Crippen LogP contribution in [0.2, 0.25) is 0 Å². The number of aryl methyl sites for hydroxylation is 1. The highest BCUT2D eigenvalue weighted by atomic mass is 19.1. The number of aromatic nitrogens is 4. The fraction of sp³-hybridized carbons (Fsp3) is 0.258. The zero-order chi connectivity index (χ0) is 31.1. The first-order valence-electron chi connectivity index (χ1n) is 13.8. The van der Waals surface area contributed by atoms with E-state index in [1.165, 1.54) is 31.5 Å². The summed E-state index contributed by atoms with van der Waals surface area (Å²) in [5.74, 6) is -2.07. The number of carbonyl (C=O) groups is 1. The molecule has 228 valence electrons. The smallest absolute Gasteiger partial charge is 0.322 e. The Balaban J connectivity index is 1.48. The van der Waals surface area contributed by atoms with Crippen molar-refractivity contribution in [2.75, 3.05) is 57.1 Å². The molecule has 2 aromatic carbocycles. The number of halogens is 2. The molecule has 0 unspecified atom stereocenters. The first-order valence-corrected chi connectivity index (χ1v) is 13.8. The number of ether oxygens (including phenoxy) is 3. The Labute approximate surface area is 252 Å². The molecule has 1 amide bonds. The van der Waals surface area contributed by atoms with Crippen molar-refractivity contribution in [1.29, 1.82) is 0 Å². The average Bonchev–Trinajstić information content (AvgIpc) is 3.02. The van der Waals surface area contributed by atoms with Gasteiger partial charge in [-0.2, -0.15) is 0 Å². The first-order chi connectivity index (χ1) is 21.3. The summed E-state index contributed by atoms with van der Waals surface area (Å²) < 4.78 is 45.2. The third kappa shape index (κ3) is 7.49. The molecule has 0 saturated carbocycles. The fourth-order valence-electron chi connectivity index (χ4n) is 4.52. The molecule has 1 aliphatic heterocycles. The maximum Gasteiger partial charge on any atom is 0.322 e. The molecule has 11 nitrogen and oxygen atoms in total. The minimum absolute atomic E-state index is 0.0291. The van der Waals surface area contributed by atoms with E-state index in [1.54, 1.807) is 37.4 Å². The number of nitrogens with one attached hydrogen (secondary N) is 2. The van der Waals surface area contributed by atoms with Gasteiger partial charge in [0.15, 0.2) is 17.4 Å². The van der Waals surface area contributed by atoms with E-state index in [2.05, 4.69) is 37.1 Å². The molecule has 1 aliphatic rings. The van der Waals surface area contributed by atoms with Crippen LogP contribution in [-0.2, 0) is 9.53 Å². The average molecular weight is 604 g/mol. The van der Waals surface area contributed by atoms with E-state index < -0.39 is 17.6 Å². The Morgan fingerprint density at radius 3 is 2.61 bits per heavy atom. The third-order valence-electron chi connectivity index (χ3n) is 6.78. The number of nitrogens with zero attached hydrogens (tertiary/aromatic N) is 5. The third-order valence-corrected chi connectivity index (χ3v) is 6.78. The molecule has 2 aromatic heterocycles. The number of rotatable bonds is 11. The van der Waals surface area contributed by atoms with E-state index in [-0.39, 0.29) is 11.8 Å². The molecule has 4 aromatic rings. The summed E-state index contributed by atoms with van der Waals surface area (Å²) in [6, 6.07) is 11.0. The van der Waals surface area contributed by atoms with Crippen LogP contribution in [0, 0.1) is 12.7 Å². The summed E-state index contributed by atoms with van der Waals surface area (Å²) in [7, 11) is 1.46. The van der Waals surface area contributed by atoms with Crippen molar-refractivity contribution in [2.24, 2.45) is 0 Å². The summed E-state index contributed by atoms with van der Waals surface area (Å²) in [5.41, 5.74) is 2.93. The van der Waals surface area contributed by atoms with Crippen LogP contribution in [0.3, 0.4) is 0 Å². The SMILES string of the molecule is C=C(F)C(=O)Nc1ccc(-c2nc(NCCN3CCOCC3)ncc2-c2ccc(Oc3nccc(C)n3)c(F)c2)c(OC)c1. The molecular formula is C31H31F2N7O4. The highest BCUT2D eigenvalue weighted by Gasteiger charge is 2.19. The number of hydrogen-bond acceptors (Lipinski definition) is 10. The predicted octanol–water partition coefficient (Wildman–Crippen LogP) is 5.01. The molecule has 1 saturated heterocycles. The van der Waals surface area contributed by atoms with E-state index in [1.807, 2.05) is 0 Å². The van der Waals surface area contributed by atoms with Gasteiger partial charge in [-0.1, -0.05) is 12.6 Å². The zero-order valence-electron chi connectivity index (χ0n) is 24.3. The van der Waals surface area contributed by atoms with Crippen molar-refractivity contribution < 1.29 is 27.8 Å². The van der Waals surface area contributed by atoms with Crippen LogP contribution in [0.1, 0.15) is 5.69 Å². The molecule has 13 heteroatoms. The summed E-state index contributed by atoms with van der Waals surface area (Å²) in [6.07, 6.45) is 3.13. The van der Waals surface area contributed by atoms with Crippen molar-refractivity contribution in [3.63, 3.8) is 0 Å². The number of benzene rings is 2. The van der Waals surface area contributed by atoms with Gasteiger partial charge in [0.2, 0.25) is 5.95 Å². The van der Waals surface area contributed by atoms with Crippen LogP contribution in [0.25, 0.3) is 22.4 Å². The molecule has 44 heavy (non-hydrogen) atoms. The lowest BCUT2D eigenvalue weighted by Gasteiger charge is -2.26. The van der Waals surface area contributed by atoms with Gasteiger partial charge in [0.05, 0.1) is 26.0 Å². The predicted molar refractivity (Wildman–Crippen MR) is 161 cm³/mol. The van der Waals surface area contributed by atoms with Gasteiger partial charge in [-0.15, -0.1) is 0 Å². The molecule has 1 fully saturated rings. The van der Waals surface area contributed by atoms with E-state index in [9.17, 15) is 9.18 Å². The number of amides is 1. The van der Waals surface area contributed by atoms with Crippen molar-refractivity contribution in [2.45, 2.75) is 6.92 Å². The summed E-state index contributed by atoms with van der Waals surface area (Å²) in [5, 5.41) is 5.68. The topological polar surface area (TPSA) is 124 Å². The maximum absolute atomic E-state index is 15.3. The Morgan fingerprint density at radius 2 is 1.89 bits per heavy atom. The lowest BCUT2D eigenvalue weighted by molar-refractivity contribution is -0.114. The largest absolute Gasteiger partial charge is 0.496 e. The second-order valence-electron chi connectivity index (χ2n) is 9.84. The monoisotopic (exact) mass is 603 g/mol. The Hall–Kier alpha value is -5.01. The van der Waals surface area contributed by atoms with Crippen LogP contribution >= 0.6 is 0 Å². The number of morpholine rings is 1. The van der Waals surface area contributed by atoms with Gasteiger partial charge in [0.25, 0.3) is 5.91 Å². The first kappa shape index (κ1) is 30.4. The van der Waals surface area contributed by atoms with Crippen molar-refractivity contribution in [3.8, 4) is 39.9 Å². The zero-order valence-corrected chi connectivity index (χ0v) is 24.3. The minimum atomic E-state index is -1.12. The van der Waals surface area contributed by atoms with E-state index in [0.29, 0.717) is 65.2 Å². The lowest BCUT2D eigenvalue weighted by atomic mass is 9.99. The number of hydrogen-bond donors (Lipinski definition) is 2. The molecule has 5 rings (SSSR count). The van der Waals surface area contributed by atoms with Gasteiger partial charge in [0, 0.05) is 67.1 Å². The van der Waals surface area contributed by atoms with Gasteiger partial charge < -0.3 is 24.8 Å². The number of anilines is 2. The van der Waals surface area contributed by atoms with E-state index in [0.717, 1.165) is 19.6 Å². The summed E-state index contributed by atoms with van der Waals surface area (Å²) in [6.45, 7) is 9.27. The number of carbonyl (C=O) groups excluding carboxylic acids is 1. The minimum Gasteiger partial charge on any atom is -0.496 e. The quantitative estimate of drug-likeness (QED) is 0.226. The molecule has 3 heterocycles. The van der Waals surface area contributed by atoms with E-state index in [4.69, 9.17) is 19.2 Å². The van der Waals surface area contributed by atoms with Gasteiger partial charge in [-0.3, -0.25) is 9.69 Å². The van der Waals surface area contributed by atoms with Crippen molar-refractivity contribution >= 4 is 17.5 Å². The molecule has 0 atom stereocenters.